The van der Waals surface area contributed by atoms with Crippen LogP contribution in [0.4, 0.5) is 9.59 Å². The van der Waals surface area contributed by atoms with Crippen LogP contribution in [0.1, 0.15) is 69.7 Å². The molecule has 0 saturated carbocycles. The van der Waals surface area contributed by atoms with E-state index in [4.69, 9.17) is 33.7 Å². The molecular weight excluding hydrogens is 809 g/mol. The molecule has 17 nitrogen and oxygen atoms in total. The fourth-order valence-corrected chi connectivity index (χ4v) is 9.67. The largest absolute Gasteiger partial charge is 0.453 e. The second kappa shape index (κ2) is 17.6. The third-order valence-electron chi connectivity index (χ3n) is 13.0. The third kappa shape index (κ3) is 8.32. The van der Waals surface area contributed by atoms with E-state index in [1.807, 2.05) is 19.9 Å². The average Bonchev–Trinajstić information content (AvgIpc) is 4.17. The van der Waals surface area contributed by atoms with Crippen molar-refractivity contribution in [3.63, 3.8) is 0 Å². The Kier molecular flexibility index (Phi) is 11.8. The molecule has 4 saturated heterocycles. The molecule has 6 heterocycles. The standard InChI is InChI=1S/C46H54N8O9/c1-26(2)37(51-44(57)59-3)42(55)53-17-5-6-35(53)40-47-24-34(49-40)28-9-7-27(8-10-28)30-11-13-32-31(22-30)12-14-33-39(32)50-41(48-33)36-23-46(62-20-21-63-46)25-54(36)43(56)38(52-45(58)60-4)29-15-18-61-19-16-29/h7-14,22,24,26,29,35-38H,5-6,15-21,23,25H2,1-4H3,(H,47,49)(H,48,50)(H,51,57)(H,52,58)/t35-,36-,37-,38-/m0/s1. The number of aromatic amines is 2. The van der Waals surface area contributed by atoms with Gasteiger partial charge >= 0.3 is 12.2 Å². The Balaban J connectivity index is 0.938. The van der Waals surface area contributed by atoms with Crippen LogP contribution < -0.4 is 10.6 Å². The molecule has 0 aliphatic carbocycles. The maximum absolute atomic E-state index is 14.5. The number of imidazole rings is 2. The molecular formula is C46H54N8O9. The highest BCUT2D eigenvalue weighted by Gasteiger charge is 2.53. The first-order valence-corrected chi connectivity index (χ1v) is 21.8. The molecule has 0 bridgehead atoms. The lowest BCUT2D eigenvalue weighted by molar-refractivity contribution is -0.154. The van der Waals surface area contributed by atoms with Gasteiger partial charge in [-0.1, -0.05) is 56.3 Å². The maximum Gasteiger partial charge on any atom is 0.407 e. The highest BCUT2D eigenvalue weighted by molar-refractivity contribution is 6.05. The molecule has 4 aliphatic rings. The normalized spacial score (nSPS) is 21.0. The first kappa shape index (κ1) is 42.3. The van der Waals surface area contributed by atoms with Gasteiger partial charge in [-0.25, -0.2) is 19.6 Å². The summed E-state index contributed by atoms with van der Waals surface area (Å²) in [6.45, 7) is 6.47. The molecule has 5 aromatic rings. The Morgan fingerprint density at radius 2 is 1.51 bits per heavy atom. The first-order valence-electron chi connectivity index (χ1n) is 21.8. The van der Waals surface area contributed by atoms with Crippen molar-refractivity contribution in [1.29, 1.82) is 0 Å². The number of amides is 4. The molecule has 332 valence electrons. The second-order valence-electron chi connectivity index (χ2n) is 17.2. The molecule has 4 N–H and O–H groups in total. The van der Waals surface area contributed by atoms with Gasteiger partial charge in [0.05, 0.1) is 69.0 Å². The van der Waals surface area contributed by atoms with Crippen LogP contribution in [-0.4, -0.2) is 125 Å². The third-order valence-corrected chi connectivity index (χ3v) is 13.0. The molecule has 4 fully saturated rings. The maximum atomic E-state index is 14.5. The predicted octanol–water partition coefficient (Wildman–Crippen LogP) is 5.99. The molecule has 4 atom stereocenters. The number of aromatic nitrogens is 4. The van der Waals surface area contributed by atoms with Crippen LogP contribution in [0.2, 0.25) is 0 Å². The monoisotopic (exact) mass is 862 g/mol. The summed E-state index contributed by atoms with van der Waals surface area (Å²) in [5.41, 5.74) is 5.52. The fourth-order valence-electron chi connectivity index (χ4n) is 9.67. The number of hydrogen-bond acceptors (Lipinski definition) is 11. The number of likely N-dealkylation sites (tertiary alicyclic amines) is 2. The lowest BCUT2D eigenvalue weighted by Crippen LogP contribution is -2.54. The van der Waals surface area contributed by atoms with Crippen LogP contribution in [0.3, 0.4) is 0 Å². The minimum Gasteiger partial charge on any atom is -0.453 e. The predicted molar refractivity (Wildman–Crippen MR) is 231 cm³/mol. The molecule has 17 heteroatoms. The Bertz CT molecular complexity index is 2490. The summed E-state index contributed by atoms with van der Waals surface area (Å²) in [5, 5.41) is 7.54. The molecule has 0 radical (unpaired) electrons. The van der Waals surface area contributed by atoms with Crippen LogP contribution in [0.25, 0.3) is 44.2 Å². The van der Waals surface area contributed by atoms with Gasteiger partial charge in [0.15, 0.2) is 5.79 Å². The van der Waals surface area contributed by atoms with E-state index in [-0.39, 0.29) is 36.2 Å². The summed E-state index contributed by atoms with van der Waals surface area (Å²) in [6, 6.07) is 16.4. The number of alkyl carbamates (subject to hydrolysis) is 2. The average molecular weight is 863 g/mol. The SMILES string of the molecule is COC(=O)N[C@H](C(=O)N1CCC[C@H]1c1ncc(-c2ccc(-c3ccc4c(ccc5nc([C@@H]6CC7(CN6C(=O)[C@@H](NC(=O)OC)C6CCOCC6)OCCO7)[nH]c54)c3)cc2)[nH]1)C(C)C. The number of H-pyrrole nitrogens is 2. The molecule has 2 aromatic heterocycles. The number of nitrogens with zero attached hydrogens (tertiary/aromatic N) is 4. The van der Waals surface area contributed by atoms with Gasteiger partial charge in [-0.2, -0.15) is 0 Å². The van der Waals surface area contributed by atoms with Gasteiger partial charge in [-0.05, 0) is 71.7 Å². The number of hydrogen-bond donors (Lipinski definition) is 4. The van der Waals surface area contributed by atoms with Crippen molar-refractivity contribution >= 4 is 45.8 Å². The van der Waals surface area contributed by atoms with Gasteiger partial charge in [0.1, 0.15) is 23.7 Å². The highest BCUT2D eigenvalue weighted by Crippen LogP contribution is 2.44. The van der Waals surface area contributed by atoms with Crippen LogP contribution in [-0.2, 0) is 33.3 Å². The van der Waals surface area contributed by atoms with Crippen LogP contribution >= 0.6 is 0 Å². The fraction of sp³-hybridized carbons (Fsp3) is 0.478. The number of nitrogens with one attached hydrogen (secondary N) is 4. The van der Waals surface area contributed by atoms with E-state index in [1.165, 1.54) is 14.2 Å². The molecule has 3 aromatic carbocycles. The number of rotatable bonds is 10. The minimum absolute atomic E-state index is 0.117. The van der Waals surface area contributed by atoms with Crippen molar-refractivity contribution in [3.8, 4) is 22.4 Å². The molecule has 9 rings (SSSR count). The summed E-state index contributed by atoms with van der Waals surface area (Å²) >= 11 is 0. The van der Waals surface area contributed by atoms with Crippen molar-refractivity contribution in [2.45, 2.75) is 75.9 Å². The van der Waals surface area contributed by atoms with Gasteiger partial charge in [-0.3, -0.25) is 9.59 Å². The van der Waals surface area contributed by atoms with Crippen molar-refractivity contribution in [1.82, 2.24) is 40.4 Å². The summed E-state index contributed by atoms with van der Waals surface area (Å²) in [5.74, 6) is -0.248. The molecule has 4 aliphatic heterocycles. The zero-order chi connectivity index (χ0) is 43.8. The van der Waals surface area contributed by atoms with Crippen LogP contribution in [0.15, 0.2) is 60.8 Å². The number of ether oxygens (including phenoxy) is 5. The first-order chi connectivity index (χ1) is 30.5. The molecule has 4 amide bonds. The van der Waals surface area contributed by atoms with E-state index >= 15 is 0 Å². The quantitative estimate of drug-likeness (QED) is 0.129. The Hall–Kier alpha value is -6.04. The van der Waals surface area contributed by atoms with Crippen LogP contribution in [0.5, 0.6) is 0 Å². The van der Waals surface area contributed by atoms with Gasteiger partial charge in [-0.15, -0.1) is 0 Å². The van der Waals surface area contributed by atoms with E-state index < -0.39 is 36.1 Å². The lowest BCUT2D eigenvalue weighted by atomic mass is 9.90. The van der Waals surface area contributed by atoms with E-state index in [2.05, 4.69) is 69.1 Å². The van der Waals surface area contributed by atoms with Crippen molar-refractivity contribution in [2.75, 3.05) is 53.7 Å². The Labute approximate surface area is 364 Å². The Morgan fingerprint density at radius 3 is 2.24 bits per heavy atom. The molecule has 63 heavy (non-hydrogen) atoms. The second-order valence-corrected chi connectivity index (χ2v) is 17.2. The molecule has 0 unspecified atom stereocenters. The van der Waals surface area contributed by atoms with E-state index in [0.29, 0.717) is 63.9 Å². The van der Waals surface area contributed by atoms with Crippen molar-refractivity contribution in [3.05, 3.63) is 72.4 Å². The number of methoxy groups -OCH3 is 2. The summed E-state index contributed by atoms with van der Waals surface area (Å²) in [4.78, 5) is 73.0. The van der Waals surface area contributed by atoms with Gasteiger partial charge in [0, 0.05) is 31.6 Å². The zero-order valence-electron chi connectivity index (χ0n) is 36.0. The number of carbonyl (C=O) groups is 4. The van der Waals surface area contributed by atoms with Gasteiger partial charge in [0.25, 0.3) is 0 Å². The van der Waals surface area contributed by atoms with Gasteiger partial charge in [0.2, 0.25) is 11.8 Å². The van der Waals surface area contributed by atoms with Crippen molar-refractivity contribution in [2.24, 2.45) is 11.8 Å². The van der Waals surface area contributed by atoms with E-state index in [9.17, 15) is 19.2 Å². The van der Waals surface area contributed by atoms with Gasteiger partial charge < -0.3 is 54.1 Å². The summed E-state index contributed by atoms with van der Waals surface area (Å²) < 4.78 is 27.5. The zero-order valence-corrected chi connectivity index (χ0v) is 36.0. The smallest absolute Gasteiger partial charge is 0.407 e. The van der Waals surface area contributed by atoms with Crippen molar-refractivity contribution < 1.29 is 42.9 Å². The number of fused-ring (bicyclic) bond motifs is 3. The van der Waals surface area contributed by atoms with Crippen LogP contribution in [0, 0.1) is 11.8 Å². The van der Waals surface area contributed by atoms with E-state index in [0.717, 1.165) is 57.0 Å². The number of benzene rings is 3. The minimum atomic E-state index is -0.961. The highest BCUT2D eigenvalue weighted by atomic mass is 16.7. The number of carbonyl (C=O) groups excluding carboxylic acids is 4. The topological polar surface area (TPSA) is 202 Å². The summed E-state index contributed by atoms with van der Waals surface area (Å²) in [7, 11) is 2.58. The Morgan fingerprint density at radius 1 is 0.794 bits per heavy atom. The summed E-state index contributed by atoms with van der Waals surface area (Å²) in [6.07, 6.45) is 3.78. The molecule has 1 spiro atoms. The van der Waals surface area contributed by atoms with E-state index in [1.54, 1.807) is 16.0 Å². The lowest BCUT2D eigenvalue weighted by Gasteiger charge is -2.34.